The van der Waals surface area contributed by atoms with E-state index in [2.05, 4.69) is 36.4 Å². The molecule has 0 spiro atoms. The Morgan fingerprint density at radius 3 is 2.78 bits per heavy atom. The van der Waals surface area contributed by atoms with Gasteiger partial charge >= 0.3 is 0 Å². The number of rotatable bonds is 3. The van der Waals surface area contributed by atoms with E-state index >= 15 is 0 Å². The van der Waals surface area contributed by atoms with E-state index in [0.29, 0.717) is 0 Å². The molecule has 1 aliphatic heterocycles. The second-order valence-corrected chi connectivity index (χ2v) is 5.59. The molecule has 4 nitrogen and oxygen atoms in total. The monoisotopic (exact) mass is 310 g/mol. The maximum Gasteiger partial charge on any atom is 0.192 e. The molecule has 23 heavy (non-hydrogen) atoms. The third-order valence-corrected chi connectivity index (χ3v) is 4.40. The Kier molecular flexibility index (Phi) is 3.56. The molecule has 2 atom stereocenters. The molecule has 118 valence electrons. The van der Waals surface area contributed by atoms with E-state index in [1.54, 1.807) is 14.2 Å². The lowest BCUT2D eigenvalue weighted by Crippen LogP contribution is -2.21. The molecule has 0 N–H and O–H groups in total. The third kappa shape index (κ3) is 2.31. The van der Waals surface area contributed by atoms with Gasteiger partial charge in [-0.3, -0.25) is 0 Å². The molecule has 4 rings (SSSR count). The lowest BCUT2D eigenvalue weighted by Gasteiger charge is -2.29. The maximum atomic E-state index is 5.68. The quantitative estimate of drug-likeness (QED) is 0.862. The summed E-state index contributed by atoms with van der Waals surface area (Å²) in [7, 11) is 3.31. The Morgan fingerprint density at radius 2 is 1.96 bits per heavy atom. The van der Waals surface area contributed by atoms with Crippen LogP contribution in [-0.2, 0) is 9.47 Å². The lowest BCUT2D eigenvalue weighted by molar-refractivity contribution is -0.181. The van der Waals surface area contributed by atoms with Gasteiger partial charge in [0, 0.05) is 19.1 Å². The number of hydrogen-bond acceptors (Lipinski definition) is 4. The molecule has 0 aromatic heterocycles. The van der Waals surface area contributed by atoms with Crippen LogP contribution in [0.3, 0.4) is 0 Å². The first-order valence-corrected chi connectivity index (χ1v) is 7.58. The minimum absolute atomic E-state index is 0.137. The second kappa shape index (κ2) is 5.72. The predicted molar refractivity (Wildman–Crippen MR) is 86.6 cm³/mol. The van der Waals surface area contributed by atoms with Crippen LogP contribution in [0.15, 0.2) is 42.5 Å². The Balaban J connectivity index is 1.90. The third-order valence-electron chi connectivity index (χ3n) is 4.40. The van der Waals surface area contributed by atoms with Crippen molar-refractivity contribution < 1.29 is 18.9 Å². The van der Waals surface area contributed by atoms with Crippen LogP contribution in [0.1, 0.15) is 34.5 Å². The van der Waals surface area contributed by atoms with E-state index in [0.717, 1.165) is 22.6 Å². The molecule has 2 unspecified atom stereocenters. The van der Waals surface area contributed by atoms with Crippen LogP contribution in [0.4, 0.5) is 0 Å². The fourth-order valence-electron chi connectivity index (χ4n) is 3.32. The number of ether oxygens (including phenoxy) is 4. The van der Waals surface area contributed by atoms with E-state index in [1.807, 2.05) is 12.1 Å². The maximum absolute atomic E-state index is 5.68. The molecular formula is C19H18O4. The highest BCUT2D eigenvalue weighted by Gasteiger charge is 2.31. The summed E-state index contributed by atoms with van der Waals surface area (Å²) in [5.41, 5.74) is 4.53. The minimum Gasteiger partial charge on any atom is -0.497 e. The smallest absolute Gasteiger partial charge is 0.192 e. The Morgan fingerprint density at radius 1 is 1.09 bits per heavy atom. The number of benzene rings is 2. The summed E-state index contributed by atoms with van der Waals surface area (Å²) in [5.74, 6) is 1.67. The van der Waals surface area contributed by atoms with E-state index < -0.39 is 6.29 Å². The molecule has 1 heterocycles. The van der Waals surface area contributed by atoms with E-state index in [-0.39, 0.29) is 12.7 Å². The summed E-state index contributed by atoms with van der Waals surface area (Å²) in [6.07, 6.45) is 3.92. The standard InChI is InChI=1S/C19H18O4/c1-20-13-9-16(15-8-7-12-5-3-4-6-14(12)15)18-17(10-13)22-11-23-19(18)21-2/h3-10,15,19H,11H2,1-2H3. The van der Waals surface area contributed by atoms with Crippen molar-refractivity contribution in [2.24, 2.45) is 0 Å². The largest absolute Gasteiger partial charge is 0.497 e. The van der Waals surface area contributed by atoms with Crippen molar-refractivity contribution in [2.75, 3.05) is 21.0 Å². The molecule has 4 heteroatoms. The Labute approximate surface area is 135 Å². The van der Waals surface area contributed by atoms with Gasteiger partial charge in [-0.1, -0.05) is 36.4 Å². The van der Waals surface area contributed by atoms with E-state index in [4.69, 9.17) is 18.9 Å². The molecule has 0 bridgehead atoms. The summed E-state index contributed by atoms with van der Waals surface area (Å²) in [6.45, 7) is 0.176. The van der Waals surface area contributed by atoms with Gasteiger partial charge in [0.25, 0.3) is 0 Å². The van der Waals surface area contributed by atoms with Crippen LogP contribution < -0.4 is 9.47 Å². The number of hydrogen-bond donors (Lipinski definition) is 0. The van der Waals surface area contributed by atoms with Gasteiger partial charge in [0.2, 0.25) is 0 Å². The van der Waals surface area contributed by atoms with Crippen LogP contribution >= 0.6 is 0 Å². The zero-order valence-electron chi connectivity index (χ0n) is 13.1. The van der Waals surface area contributed by atoms with Gasteiger partial charge in [-0.15, -0.1) is 0 Å². The van der Waals surface area contributed by atoms with Crippen molar-refractivity contribution in [2.45, 2.75) is 12.2 Å². The lowest BCUT2D eigenvalue weighted by atomic mass is 9.88. The van der Waals surface area contributed by atoms with Gasteiger partial charge in [0.05, 0.1) is 12.7 Å². The van der Waals surface area contributed by atoms with Crippen LogP contribution in [-0.4, -0.2) is 21.0 Å². The summed E-state index contributed by atoms with van der Waals surface area (Å²) in [5, 5.41) is 0. The number of fused-ring (bicyclic) bond motifs is 2. The van der Waals surface area contributed by atoms with E-state index in [1.165, 1.54) is 11.1 Å². The first kappa shape index (κ1) is 14.3. The van der Waals surface area contributed by atoms with Crippen LogP contribution in [0, 0.1) is 0 Å². The Hall–Kier alpha value is -2.30. The highest BCUT2D eigenvalue weighted by atomic mass is 16.8. The molecule has 1 aliphatic carbocycles. The van der Waals surface area contributed by atoms with Gasteiger partial charge in [0.15, 0.2) is 13.1 Å². The molecule has 0 saturated carbocycles. The molecule has 2 aliphatic rings. The summed E-state index contributed by atoms with van der Waals surface area (Å²) >= 11 is 0. The summed E-state index contributed by atoms with van der Waals surface area (Å²) in [4.78, 5) is 0. The second-order valence-electron chi connectivity index (χ2n) is 5.59. The number of allylic oxidation sites excluding steroid dienone is 1. The average molecular weight is 310 g/mol. The topological polar surface area (TPSA) is 36.9 Å². The summed E-state index contributed by atoms with van der Waals surface area (Å²) in [6, 6.07) is 12.3. The first-order chi connectivity index (χ1) is 11.3. The van der Waals surface area contributed by atoms with Crippen LogP contribution in [0.5, 0.6) is 11.5 Å². The molecule has 2 aromatic carbocycles. The SMILES string of the molecule is COc1cc2c(c(C3C=Cc4ccccc43)c1)C(OC)OCO2. The zero-order valence-corrected chi connectivity index (χ0v) is 13.1. The van der Waals surface area contributed by atoms with Crippen molar-refractivity contribution >= 4 is 6.08 Å². The van der Waals surface area contributed by atoms with Crippen LogP contribution in [0.2, 0.25) is 0 Å². The molecule has 0 amide bonds. The van der Waals surface area contributed by atoms with Gasteiger partial charge in [-0.2, -0.15) is 0 Å². The fraction of sp³-hybridized carbons (Fsp3) is 0.263. The van der Waals surface area contributed by atoms with Crippen molar-refractivity contribution in [3.05, 3.63) is 64.7 Å². The molecule has 0 fully saturated rings. The van der Waals surface area contributed by atoms with Gasteiger partial charge in [-0.05, 0) is 22.8 Å². The fourth-order valence-corrected chi connectivity index (χ4v) is 3.32. The number of methoxy groups -OCH3 is 2. The van der Waals surface area contributed by atoms with Crippen molar-refractivity contribution in [3.8, 4) is 11.5 Å². The van der Waals surface area contributed by atoms with Gasteiger partial charge in [0.1, 0.15) is 11.5 Å². The van der Waals surface area contributed by atoms with Gasteiger partial charge in [-0.25, -0.2) is 0 Å². The van der Waals surface area contributed by atoms with E-state index in [9.17, 15) is 0 Å². The van der Waals surface area contributed by atoms with Gasteiger partial charge < -0.3 is 18.9 Å². The van der Waals surface area contributed by atoms with Crippen molar-refractivity contribution in [1.29, 1.82) is 0 Å². The zero-order chi connectivity index (χ0) is 15.8. The average Bonchev–Trinajstić information content (AvgIpc) is 3.04. The predicted octanol–water partition coefficient (Wildman–Crippen LogP) is 3.87. The molecule has 0 radical (unpaired) electrons. The molecular weight excluding hydrogens is 292 g/mol. The molecule has 2 aromatic rings. The minimum atomic E-state index is -0.430. The first-order valence-electron chi connectivity index (χ1n) is 7.58. The normalized spacial score (nSPS) is 21.5. The highest BCUT2D eigenvalue weighted by molar-refractivity contribution is 5.67. The van der Waals surface area contributed by atoms with Crippen molar-refractivity contribution in [1.82, 2.24) is 0 Å². The van der Waals surface area contributed by atoms with Crippen LogP contribution in [0.25, 0.3) is 6.08 Å². The van der Waals surface area contributed by atoms with Crippen molar-refractivity contribution in [3.63, 3.8) is 0 Å². The summed E-state index contributed by atoms with van der Waals surface area (Å²) < 4.78 is 22.2. The molecule has 0 saturated heterocycles. The highest BCUT2D eigenvalue weighted by Crippen LogP contribution is 2.45. The Bertz CT molecular complexity index is 766.